The minimum absolute atomic E-state index is 0.0132. The van der Waals surface area contributed by atoms with Crippen LogP contribution in [0.1, 0.15) is 24.1 Å². The van der Waals surface area contributed by atoms with Gasteiger partial charge in [0.1, 0.15) is 23.1 Å². The highest BCUT2D eigenvalue weighted by molar-refractivity contribution is 5.44. The van der Waals surface area contributed by atoms with E-state index in [2.05, 4.69) is 5.32 Å². The maximum Gasteiger partial charge on any atom is 0.132 e. The van der Waals surface area contributed by atoms with Crippen molar-refractivity contribution in [1.29, 1.82) is 0 Å². The van der Waals surface area contributed by atoms with Gasteiger partial charge in [-0.25, -0.2) is 4.39 Å². The van der Waals surface area contributed by atoms with Gasteiger partial charge in [0.2, 0.25) is 0 Å². The largest absolute Gasteiger partial charge is 0.497 e. The third-order valence-electron chi connectivity index (χ3n) is 3.46. The molecule has 0 spiro atoms. The number of ether oxygens (including phenoxy) is 2. The van der Waals surface area contributed by atoms with Gasteiger partial charge in [-0.15, -0.1) is 0 Å². The molecule has 3 nitrogen and oxygen atoms in total. The normalized spacial score (nSPS) is 12.0. The first-order valence-corrected chi connectivity index (χ1v) is 6.84. The Labute approximate surface area is 124 Å². The first-order chi connectivity index (χ1) is 10.0. The maximum atomic E-state index is 13.8. The smallest absolute Gasteiger partial charge is 0.132 e. The fourth-order valence-electron chi connectivity index (χ4n) is 2.04. The molecule has 0 aromatic heterocycles. The van der Waals surface area contributed by atoms with E-state index in [0.717, 1.165) is 11.3 Å². The number of aryl methyl sites for hydroxylation is 1. The Morgan fingerprint density at radius 2 is 1.86 bits per heavy atom. The van der Waals surface area contributed by atoms with Crippen LogP contribution in [0.2, 0.25) is 0 Å². The molecule has 1 atom stereocenters. The molecule has 0 radical (unpaired) electrons. The van der Waals surface area contributed by atoms with Gasteiger partial charge in [-0.1, -0.05) is 6.07 Å². The summed E-state index contributed by atoms with van der Waals surface area (Å²) in [5.41, 5.74) is 1.34. The average molecular weight is 289 g/mol. The molecule has 112 valence electrons. The highest BCUT2D eigenvalue weighted by Crippen LogP contribution is 2.33. The molecule has 0 saturated heterocycles. The maximum absolute atomic E-state index is 13.8. The first kappa shape index (κ1) is 15.3. The zero-order chi connectivity index (χ0) is 15.4. The van der Waals surface area contributed by atoms with Crippen molar-refractivity contribution in [2.24, 2.45) is 0 Å². The Morgan fingerprint density at radius 3 is 2.52 bits per heavy atom. The van der Waals surface area contributed by atoms with Crippen LogP contribution in [0.5, 0.6) is 17.2 Å². The third kappa shape index (κ3) is 3.52. The number of rotatable bonds is 5. The van der Waals surface area contributed by atoms with E-state index in [-0.39, 0.29) is 11.9 Å². The fraction of sp³-hybridized carbons (Fsp3) is 0.294. The third-order valence-corrected chi connectivity index (χ3v) is 3.46. The van der Waals surface area contributed by atoms with Crippen LogP contribution >= 0.6 is 0 Å². The van der Waals surface area contributed by atoms with Crippen molar-refractivity contribution in [2.75, 3.05) is 14.2 Å². The number of hydrogen-bond acceptors (Lipinski definition) is 3. The molecule has 2 rings (SSSR count). The number of halogens is 1. The topological polar surface area (TPSA) is 30.5 Å². The zero-order valence-corrected chi connectivity index (χ0v) is 12.7. The quantitative estimate of drug-likeness (QED) is 0.894. The summed E-state index contributed by atoms with van der Waals surface area (Å²) in [4.78, 5) is 0. The highest BCUT2D eigenvalue weighted by atomic mass is 19.1. The Hall–Kier alpha value is -2.07. The SMILES string of the molecule is CNC(C)c1cc(F)c(C)cc1Oc1cccc(OC)c1. The molecule has 0 aliphatic heterocycles. The summed E-state index contributed by atoms with van der Waals surface area (Å²) in [6, 6.07) is 10.6. The van der Waals surface area contributed by atoms with Crippen molar-refractivity contribution < 1.29 is 13.9 Å². The molecular weight excluding hydrogens is 269 g/mol. The molecule has 0 aliphatic carbocycles. The van der Waals surface area contributed by atoms with E-state index in [4.69, 9.17) is 9.47 Å². The van der Waals surface area contributed by atoms with Crippen LogP contribution in [-0.2, 0) is 0 Å². The van der Waals surface area contributed by atoms with Gasteiger partial charge in [-0.05, 0) is 50.7 Å². The number of nitrogens with one attached hydrogen (secondary N) is 1. The van der Waals surface area contributed by atoms with Gasteiger partial charge >= 0.3 is 0 Å². The van der Waals surface area contributed by atoms with Crippen LogP contribution in [0.15, 0.2) is 36.4 Å². The Balaban J connectivity index is 2.39. The Morgan fingerprint density at radius 1 is 1.14 bits per heavy atom. The van der Waals surface area contributed by atoms with Crippen LogP contribution in [0.4, 0.5) is 4.39 Å². The van der Waals surface area contributed by atoms with Crippen LogP contribution in [-0.4, -0.2) is 14.2 Å². The molecule has 0 fully saturated rings. The van der Waals surface area contributed by atoms with Crippen LogP contribution in [0.25, 0.3) is 0 Å². The van der Waals surface area contributed by atoms with Crippen LogP contribution < -0.4 is 14.8 Å². The van der Waals surface area contributed by atoms with E-state index < -0.39 is 0 Å². The van der Waals surface area contributed by atoms with Crippen LogP contribution in [0, 0.1) is 12.7 Å². The van der Waals surface area contributed by atoms with Gasteiger partial charge in [0.25, 0.3) is 0 Å². The van der Waals surface area contributed by atoms with Crippen molar-refractivity contribution in [1.82, 2.24) is 5.32 Å². The number of benzene rings is 2. The monoisotopic (exact) mass is 289 g/mol. The summed E-state index contributed by atoms with van der Waals surface area (Å²) in [6.07, 6.45) is 0. The summed E-state index contributed by atoms with van der Waals surface area (Å²) in [5, 5.41) is 3.11. The summed E-state index contributed by atoms with van der Waals surface area (Å²) < 4.78 is 24.9. The van der Waals surface area contributed by atoms with E-state index >= 15 is 0 Å². The fourth-order valence-corrected chi connectivity index (χ4v) is 2.04. The standard InChI is InChI=1S/C17H20FNO2/c1-11-8-17(15(10-16(11)18)12(2)19-3)21-14-7-5-6-13(9-14)20-4/h5-10,12,19H,1-4H3. The lowest BCUT2D eigenvalue weighted by Crippen LogP contribution is -2.13. The van der Waals surface area contributed by atoms with Gasteiger partial charge < -0.3 is 14.8 Å². The molecule has 1 N–H and O–H groups in total. The van der Waals surface area contributed by atoms with Crippen molar-refractivity contribution in [3.63, 3.8) is 0 Å². The van der Waals surface area contributed by atoms with Crippen molar-refractivity contribution >= 4 is 0 Å². The van der Waals surface area contributed by atoms with Gasteiger partial charge in [-0.2, -0.15) is 0 Å². The van der Waals surface area contributed by atoms with E-state index in [1.54, 1.807) is 26.2 Å². The molecule has 0 bridgehead atoms. The lowest BCUT2D eigenvalue weighted by molar-refractivity contribution is 0.408. The molecule has 4 heteroatoms. The van der Waals surface area contributed by atoms with Crippen molar-refractivity contribution in [3.05, 3.63) is 53.3 Å². The van der Waals surface area contributed by atoms with Gasteiger partial charge in [-0.3, -0.25) is 0 Å². The summed E-state index contributed by atoms with van der Waals surface area (Å²) >= 11 is 0. The van der Waals surface area contributed by atoms with Gasteiger partial charge in [0.05, 0.1) is 7.11 Å². The molecule has 0 amide bonds. The van der Waals surface area contributed by atoms with E-state index in [1.807, 2.05) is 32.2 Å². The average Bonchev–Trinajstić information content (AvgIpc) is 2.50. The van der Waals surface area contributed by atoms with E-state index in [0.29, 0.717) is 17.1 Å². The Bertz CT molecular complexity index is 628. The second-order valence-corrected chi connectivity index (χ2v) is 4.93. The second-order valence-electron chi connectivity index (χ2n) is 4.93. The second kappa shape index (κ2) is 6.59. The number of hydrogen-bond donors (Lipinski definition) is 1. The molecule has 1 unspecified atom stereocenters. The predicted molar refractivity (Wildman–Crippen MR) is 81.7 cm³/mol. The molecule has 0 saturated carbocycles. The minimum atomic E-state index is -0.231. The predicted octanol–water partition coefficient (Wildman–Crippen LogP) is 4.22. The van der Waals surface area contributed by atoms with Crippen molar-refractivity contribution in [3.8, 4) is 17.2 Å². The van der Waals surface area contributed by atoms with Crippen LogP contribution in [0.3, 0.4) is 0 Å². The molecule has 0 aliphatic rings. The molecule has 2 aromatic rings. The zero-order valence-electron chi connectivity index (χ0n) is 12.7. The van der Waals surface area contributed by atoms with E-state index in [9.17, 15) is 4.39 Å². The van der Waals surface area contributed by atoms with Crippen molar-refractivity contribution in [2.45, 2.75) is 19.9 Å². The molecule has 2 aromatic carbocycles. The molecule has 0 heterocycles. The Kier molecular flexibility index (Phi) is 4.81. The summed E-state index contributed by atoms with van der Waals surface area (Å²) in [7, 11) is 3.44. The summed E-state index contributed by atoms with van der Waals surface area (Å²) in [6.45, 7) is 3.68. The minimum Gasteiger partial charge on any atom is -0.497 e. The molecule has 21 heavy (non-hydrogen) atoms. The molecular formula is C17H20FNO2. The van der Waals surface area contributed by atoms with Gasteiger partial charge in [0, 0.05) is 17.7 Å². The van der Waals surface area contributed by atoms with E-state index in [1.165, 1.54) is 6.07 Å². The lowest BCUT2D eigenvalue weighted by atomic mass is 10.0. The lowest BCUT2D eigenvalue weighted by Gasteiger charge is -2.18. The highest BCUT2D eigenvalue weighted by Gasteiger charge is 2.14. The number of methoxy groups -OCH3 is 1. The van der Waals surface area contributed by atoms with Gasteiger partial charge in [0.15, 0.2) is 0 Å². The summed E-state index contributed by atoms with van der Waals surface area (Å²) in [5.74, 6) is 1.79. The first-order valence-electron chi connectivity index (χ1n) is 6.84.